The second-order valence-corrected chi connectivity index (χ2v) is 4.95. The van der Waals surface area contributed by atoms with Gasteiger partial charge in [-0.25, -0.2) is 9.97 Å². The van der Waals surface area contributed by atoms with Crippen LogP contribution in [-0.2, 0) is 0 Å². The summed E-state index contributed by atoms with van der Waals surface area (Å²) in [7, 11) is 3.44. The second-order valence-electron chi connectivity index (χ2n) is 4.95. The van der Waals surface area contributed by atoms with Gasteiger partial charge in [0.05, 0.1) is 24.4 Å². The Hall–Kier alpha value is -2.66. The smallest absolute Gasteiger partial charge is 0.223 e. The molecule has 0 fully saturated rings. The van der Waals surface area contributed by atoms with E-state index in [-0.39, 0.29) is 6.04 Å². The molecular formula is C17H18N4O. The van der Waals surface area contributed by atoms with E-state index in [0.717, 1.165) is 27.9 Å². The molecule has 0 aliphatic carbocycles. The van der Waals surface area contributed by atoms with E-state index in [1.807, 2.05) is 48.5 Å². The van der Waals surface area contributed by atoms with Crippen LogP contribution in [0.5, 0.6) is 5.75 Å². The first-order chi connectivity index (χ1) is 10.7. The van der Waals surface area contributed by atoms with Crippen molar-refractivity contribution in [3.63, 3.8) is 0 Å². The third kappa shape index (κ3) is 2.58. The first-order valence-electron chi connectivity index (χ1n) is 7.07. The van der Waals surface area contributed by atoms with Crippen molar-refractivity contribution in [3.8, 4) is 5.75 Å². The fourth-order valence-electron chi connectivity index (χ4n) is 2.42. The molecule has 5 heteroatoms. The van der Waals surface area contributed by atoms with E-state index in [9.17, 15) is 0 Å². The van der Waals surface area contributed by atoms with E-state index in [1.54, 1.807) is 14.2 Å². The number of rotatable bonds is 4. The van der Waals surface area contributed by atoms with Crippen LogP contribution in [-0.4, -0.2) is 24.1 Å². The Balaban J connectivity index is 2.10. The highest BCUT2D eigenvalue weighted by Crippen LogP contribution is 2.27. The van der Waals surface area contributed by atoms with E-state index >= 15 is 0 Å². The van der Waals surface area contributed by atoms with Crippen molar-refractivity contribution in [1.82, 2.24) is 9.97 Å². The minimum Gasteiger partial charge on any atom is -0.497 e. The monoisotopic (exact) mass is 294 g/mol. The van der Waals surface area contributed by atoms with E-state index < -0.39 is 0 Å². The molecule has 1 atom stereocenters. The lowest BCUT2D eigenvalue weighted by molar-refractivity contribution is 0.414. The molecule has 3 aromatic rings. The molecule has 0 aliphatic heterocycles. The number of methoxy groups -OCH3 is 1. The van der Waals surface area contributed by atoms with Gasteiger partial charge >= 0.3 is 0 Å². The summed E-state index contributed by atoms with van der Waals surface area (Å²) >= 11 is 0. The molecule has 5 nitrogen and oxygen atoms in total. The summed E-state index contributed by atoms with van der Waals surface area (Å²) in [6.07, 6.45) is 0. The zero-order chi connectivity index (χ0) is 15.5. The summed E-state index contributed by atoms with van der Waals surface area (Å²) in [5.41, 5.74) is 9.10. The molecule has 1 aromatic heterocycles. The SMILES string of the molecule is CNc1nc(C(N)c2ccc(OC)cc2)c2ccccc2n1. The molecule has 0 saturated carbocycles. The van der Waals surface area contributed by atoms with Crippen LogP contribution in [0.15, 0.2) is 48.5 Å². The van der Waals surface area contributed by atoms with Crippen molar-refractivity contribution >= 4 is 16.9 Å². The molecule has 3 N–H and O–H groups in total. The fourth-order valence-corrected chi connectivity index (χ4v) is 2.42. The number of nitrogens with two attached hydrogens (primary N) is 1. The van der Waals surface area contributed by atoms with Crippen molar-refractivity contribution in [1.29, 1.82) is 0 Å². The third-order valence-electron chi connectivity index (χ3n) is 3.63. The Morgan fingerprint density at radius 2 is 1.77 bits per heavy atom. The van der Waals surface area contributed by atoms with Gasteiger partial charge in [-0.2, -0.15) is 0 Å². The van der Waals surface area contributed by atoms with Crippen molar-refractivity contribution in [2.24, 2.45) is 5.73 Å². The van der Waals surface area contributed by atoms with Gasteiger partial charge in [-0.15, -0.1) is 0 Å². The largest absolute Gasteiger partial charge is 0.497 e. The zero-order valence-electron chi connectivity index (χ0n) is 12.6. The van der Waals surface area contributed by atoms with Gasteiger partial charge < -0.3 is 15.8 Å². The number of ether oxygens (including phenoxy) is 1. The van der Waals surface area contributed by atoms with E-state index in [2.05, 4.69) is 15.3 Å². The van der Waals surface area contributed by atoms with Crippen LogP contribution in [0.3, 0.4) is 0 Å². The summed E-state index contributed by atoms with van der Waals surface area (Å²) in [6, 6.07) is 15.3. The van der Waals surface area contributed by atoms with Gasteiger partial charge in [-0.05, 0) is 23.8 Å². The predicted octanol–water partition coefficient (Wildman–Crippen LogP) is 2.73. The van der Waals surface area contributed by atoms with E-state index in [0.29, 0.717) is 5.95 Å². The summed E-state index contributed by atoms with van der Waals surface area (Å²) in [4.78, 5) is 9.02. The van der Waals surface area contributed by atoms with Gasteiger partial charge in [0.15, 0.2) is 0 Å². The van der Waals surface area contributed by atoms with Gasteiger partial charge in [0, 0.05) is 12.4 Å². The highest BCUT2D eigenvalue weighted by molar-refractivity contribution is 5.82. The number of fused-ring (bicyclic) bond motifs is 1. The molecule has 1 heterocycles. The van der Waals surface area contributed by atoms with Crippen molar-refractivity contribution in [2.45, 2.75) is 6.04 Å². The lowest BCUT2D eigenvalue weighted by Gasteiger charge is -2.15. The number of aromatic nitrogens is 2. The summed E-state index contributed by atoms with van der Waals surface area (Å²) in [5.74, 6) is 1.37. The third-order valence-corrected chi connectivity index (χ3v) is 3.63. The Kier molecular flexibility index (Phi) is 3.89. The fraction of sp³-hybridized carbons (Fsp3) is 0.176. The zero-order valence-corrected chi connectivity index (χ0v) is 12.6. The maximum Gasteiger partial charge on any atom is 0.223 e. The molecule has 0 amide bonds. The van der Waals surface area contributed by atoms with Crippen LogP contribution in [0.25, 0.3) is 10.9 Å². The topological polar surface area (TPSA) is 73.1 Å². The van der Waals surface area contributed by atoms with Gasteiger partial charge in [0.25, 0.3) is 0 Å². The molecule has 0 spiro atoms. The summed E-state index contributed by atoms with van der Waals surface area (Å²) in [6.45, 7) is 0. The van der Waals surface area contributed by atoms with Gasteiger partial charge in [-0.3, -0.25) is 0 Å². The number of hydrogen-bond acceptors (Lipinski definition) is 5. The van der Waals surface area contributed by atoms with Gasteiger partial charge in [0.2, 0.25) is 5.95 Å². The molecule has 3 rings (SSSR count). The second kappa shape index (κ2) is 5.99. The number of hydrogen-bond donors (Lipinski definition) is 2. The molecule has 2 aromatic carbocycles. The highest BCUT2D eigenvalue weighted by atomic mass is 16.5. The van der Waals surface area contributed by atoms with E-state index in [4.69, 9.17) is 10.5 Å². The normalized spacial score (nSPS) is 12.1. The molecule has 0 bridgehead atoms. The summed E-state index contributed by atoms with van der Waals surface area (Å²) in [5, 5.41) is 3.95. The Bertz CT molecular complexity index is 786. The number of nitrogens with zero attached hydrogens (tertiary/aromatic N) is 2. The Morgan fingerprint density at radius 1 is 1.05 bits per heavy atom. The molecule has 1 unspecified atom stereocenters. The molecular weight excluding hydrogens is 276 g/mol. The molecule has 0 radical (unpaired) electrons. The van der Waals surface area contributed by atoms with Gasteiger partial charge in [0.1, 0.15) is 5.75 Å². The molecule has 0 saturated heterocycles. The minimum atomic E-state index is -0.328. The van der Waals surface area contributed by atoms with Crippen molar-refractivity contribution in [3.05, 3.63) is 59.8 Å². The van der Waals surface area contributed by atoms with E-state index in [1.165, 1.54) is 0 Å². The standard InChI is InChI=1S/C17H18N4O/c1-19-17-20-14-6-4-3-5-13(14)16(21-17)15(18)11-7-9-12(22-2)10-8-11/h3-10,15H,18H2,1-2H3,(H,19,20,21). The van der Waals surface area contributed by atoms with Gasteiger partial charge in [-0.1, -0.05) is 30.3 Å². The minimum absolute atomic E-state index is 0.328. The van der Waals surface area contributed by atoms with Crippen LogP contribution in [0.2, 0.25) is 0 Å². The van der Waals surface area contributed by atoms with Crippen LogP contribution in [0, 0.1) is 0 Å². The quantitative estimate of drug-likeness (QED) is 0.774. The molecule has 112 valence electrons. The summed E-state index contributed by atoms with van der Waals surface area (Å²) < 4.78 is 5.18. The number of anilines is 1. The number of benzene rings is 2. The van der Waals surface area contributed by atoms with Crippen LogP contribution in [0.4, 0.5) is 5.95 Å². The average molecular weight is 294 g/mol. The first-order valence-corrected chi connectivity index (χ1v) is 7.07. The van der Waals surface area contributed by atoms with Crippen molar-refractivity contribution in [2.75, 3.05) is 19.5 Å². The maximum atomic E-state index is 6.44. The Morgan fingerprint density at radius 3 is 2.45 bits per heavy atom. The lowest BCUT2D eigenvalue weighted by Crippen LogP contribution is -2.15. The lowest BCUT2D eigenvalue weighted by atomic mass is 10.0. The van der Waals surface area contributed by atoms with Crippen LogP contribution >= 0.6 is 0 Å². The highest BCUT2D eigenvalue weighted by Gasteiger charge is 2.16. The molecule has 0 aliphatic rings. The average Bonchev–Trinajstić information content (AvgIpc) is 2.60. The van der Waals surface area contributed by atoms with Crippen LogP contribution < -0.4 is 15.8 Å². The Labute approximate surface area is 129 Å². The maximum absolute atomic E-state index is 6.44. The first kappa shape index (κ1) is 14.3. The number of para-hydroxylation sites is 1. The van der Waals surface area contributed by atoms with Crippen molar-refractivity contribution < 1.29 is 4.74 Å². The number of nitrogens with one attached hydrogen (secondary N) is 1. The molecule has 22 heavy (non-hydrogen) atoms. The predicted molar refractivity (Wildman–Crippen MR) is 88.1 cm³/mol. The van der Waals surface area contributed by atoms with Crippen LogP contribution in [0.1, 0.15) is 17.3 Å².